The average molecular weight is 308 g/mol. The highest BCUT2D eigenvalue weighted by Gasteiger charge is 2.51. The van der Waals surface area contributed by atoms with E-state index in [0.717, 1.165) is 28.8 Å². The lowest BCUT2D eigenvalue weighted by atomic mass is 9.70. The summed E-state index contributed by atoms with van der Waals surface area (Å²) in [6.45, 7) is 0. The lowest BCUT2D eigenvalue weighted by Gasteiger charge is -2.31. The molecule has 2 aliphatic carbocycles. The first-order valence-electron chi connectivity index (χ1n) is 6.48. The van der Waals surface area contributed by atoms with Gasteiger partial charge in [0.25, 0.3) is 0 Å². The lowest BCUT2D eigenvalue weighted by Crippen LogP contribution is -2.28. The van der Waals surface area contributed by atoms with Gasteiger partial charge in [0.1, 0.15) is 5.82 Å². The molecule has 0 radical (unpaired) electrons. The predicted molar refractivity (Wildman–Crippen MR) is 71.3 cm³/mol. The number of hydrogen-bond donors (Lipinski definition) is 0. The Labute approximate surface area is 115 Å². The number of halogens is 2. The summed E-state index contributed by atoms with van der Waals surface area (Å²) in [5, 5.41) is 9.61. The molecule has 2 bridgehead atoms. The number of nitrogens with zero attached hydrogens (tertiary/aromatic N) is 1. The highest BCUT2D eigenvalue weighted by molar-refractivity contribution is 9.10. The zero-order valence-corrected chi connectivity index (χ0v) is 11.7. The van der Waals surface area contributed by atoms with Gasteiger partial charge in [-0.25, -0.2) is 4.39 Å². The Morgan fingerprint density at radius 1 is 1.44 bits per heavy atom. The molecule has 3 rings (SSSR count). The van der Waals surface area contributed by atoms with Crippen LogP contribution in [0.25, 0.3) is 0 Å². The van der Waals surface area contributed by atoms with Crippen molar-refractivity contribution in [2.75, 3.05) is 0 Å². The Kier molecular flexibility index (Phi) is 2.94. The van der Waals surface area contributed by atoms with Crippen LogP contribution in [-0.2, 0) is 6.42 Å². The van der Waals surface area contributed by atoms with Gasteiger partial charge in [0.15, 0.2) is 0 Å². The molecule has 0 saturated heterocycles. The van der Waals surface area contributed by atoms with E-state index in [4.69, 9.17) is 0 Å². The van der Waals surface area contributed by atoms with Gasteiger partial charge in [-0.15, -0.1) is 0 Å². The molecule has 1 aromatic rings. The minimum atomic E-state index is -0.232. The normalized spacial score (nSPS) is 33.6. The molecule has 3 heteroatoms. The minimum absolute atomic E-state index is 0.205. The van der Waals surface area contributed by atoms with Crippen LogP contribution in [0, 0.1) is 34.4 Å². The van der Waals surface area contributed by atoms with Crippen molar-refractivity contribution >= 4 is 15.9 Å². The summed E-state index contributed by atoms with van der Waals surface area (Å²) in [7, 11) is 0. The molecule has 0 N–H and O–H groups in total. The maximum atomic E-state index is 13.1. The zero-order valence-electron chi connectivity index (χ0n) is 10.1. The van der Waals surface area contributed by atoms with Crippen molar-refractivity contribution in [1.29, 1.82) is 5.26 Å². The van der Waals surface area contributed by atoms with Crippen LogP contribution >= 0.6 is 15.9 Å². The van der Waals surface area contributed by atoms with Gasteiger partial charge in [0, 0.05) is 4.47 Å². The lowest BCUT2D eigenvalue weighted by molar-refractivity contribution is 0.239. The van der Waals surface area contributed by atoms with E-state index < -0.39 is 0 Å². The van der Waals surface area contributed by atoms with Crippen LogP contribution in [0.4, 0.5) is 4.39 Å². The van der Waals surface area contributed by atoms with Gasteiger partial charge in [-0.2, -0.15) is 5.26 Å². The number of fused-ring (bicyclic) bond motifs is 2. The second-order valence-corrected chi connectivity index (χ2v) is 6.61. The van der Waals surface area contributed by atoms with E-state index in [9.17, 15) is 9.65 Å². The van der Waals surface area contributed by atoms with Crippen molar-refractivity contribution < 1.29 is 4.39 Å². The van der Waals surface area contributed by atoms with Crippen molar-refractivity contribution in [1.82, 2.24) is 0 Å². The molecule has 0 aromatic heterocycles. The van der Waals surface area contributed by atoms with Crippen LogP contribution in [0.1, 0.15) is 31.2 Å². The Balaban J connectivity index is 1.89. The molecule has 2 aliphatic rings. The first-order chi connectivity index (χ1) is 8.63. The molecule has 3 unspecified atom stereocenters. The van der Waals surface area contributed by atoms with Gasteiger partial charge in [0.2, 0.25) is 0 Å². The van der Waals surface area contributed by atoms with Crippen molar-refractivity contribution in [3.8, 4) is 6.07 Å². The third-order valence-electron chi connectivity index (χ3n) is 4.72. The minimum Gasteiger partial charge on any atom is -0.207 e. The summed E-state index contributed by atoms with van der Waals surface area (Å²) in [6, 6.07) is 7.37. The molecule has 0 amide bonds. The van der Waals surface area contributed by atoms with Gasteiger partial charge < -0.3 is 0 Å². The highest BCUT2D eigenvalue weighted by Crippen LogP contribution is 2.57. The Hall–Kier alpha value is -0.880. The molecule has 1 nitrogen and oxygen atoms in total. The second-order valence-electron chi connectivity index (χ2n) is 5.76. The molecule has 0 spiro atoms. The quantitative estimate of drug-likeness (QED) is 0.791. The molecule has 3 atom stereocenters. The van der Waals surface area contributed by atoms with E-state index in [1.165, 1.54) is 31.4 Å². The summed E-state index contributed by atoms with van der Waals surface area (Å²) in [4.78, 5) is 0. The van der Waals surface area contributed by atoms with E-state index in [1.54, 1.807) is 0 Å². The van der Waals surface area contributed by atoms with Crippen molar-refractivity contribution in [2.24, 2.45) is 17.3 Å². The average Bonchev–Trinajstić information content (AvgIpc) is 2.93. The smallest absolute Gasteiger partial charge is 0.124 e. The molecular formula is C15H15BrFN. The van der Waals surface area contributed by atoms with Crippen LogP contribution in [0.15, 0.2) is 22.7 Å². The maximum absolute atomic E-state index is 13.1. The Bertz CT molecular complexity index is 522. The first kappa shape index (κ1) is 12.2. The summed E-state index contributed by atoms with van der Waals surface area (Å²) in [5.74, 6) is 1.06. The van der Waals surface area contributed by atoms with Crippen molar-refractivity contribution in [3.05, 3.63) is 34.1 Å². The van der Waals surface area contributed by atoms with E-state index >= 15 is 0 Å². The summed E-state index contributed by atoms with van der Waals surface area (Å²) < 4.78 is 13.9. The summed E-state index contributed by atoms with van der Waals surface area (Å²) >= 11 is 3.41. The number of hydrogen-bond acceptors (Lipinski definition) is 1. The number of benzene rings is 1. The van der Waals surface area contributed by atoms with Crippen LogP contribution < -0.4 is 0 Å². The third kappa shape index (κ3) is 1.87. The Morgan fingerprint density at radius 3 is 2.83 bits per heavy atom. The maximum Gasteiger partial charge on any atom is 0.124 e. The van der Waals surface area contributed by atoms with E-state index in [0.29, 0.717) is 5.92 Å². The Morgan fingerprint density at radius 2 is 2.28 bits per heavy atom. The monoisotopic (exact) mass is 307 g/mol. The van der Waals surface area contributed by atoms with E-state index in [2.05, 4.69) is 22.0 Å². The van der Waals surface area contributed by atoms with Crippen molar-refractivity contribution in [2.45, 2.75) is 32.1 Å². The molecule has 18 heavy (non-hydrogen) atoms. The van der Waals surface area contributed by atoms with Crippen molar-refractivity contribution in [3.63, 3.8) is 0 Å². The highest BCUT2D eigenvalue weighted by atomic mass is 79.9. The van der Waals surface area contributed by atoms with Gasteiger partial charge in [-0.1, -0.05) is 28.4 Å². The molecule has 1 aromatic carbocycles. The largest absolute Gasteiger partial charge is 0.207 e. The van der Waals surface area contributed by atoms with Crippen LogP contribution in [-0.4, -0.2) is 0 Å². The fourth-order valence-electron chi connectivity index (χ4n) is 3.84. The molecule has 94 valence electrons. The van der Waals surface area contributed by atoms with Gasteiger partial charge in [-0.05, 0) is 55.2 Å². The fourth-order valence-corrected chi connectivity index (χ4v) is 4.33. The number of nitriles is 1. The van der Waals surface area contributed by atoms with Crippen LogP contribution in [0.2, 0.25) is 0 Å². The van der Waals surface area contributed by atoms with E-state index in [1.807, 2.05) is 6.07 Å². The van der Waals surface area contributed by atoms with Gasteiger partial charge in [0.05, 0.1) is 11.5 Å². The molecule has 2 fully saturated rings. The third-order valence-corrected chi connectivity index (χ3v) is 5.46. The zero-order chi connectivity index (χ0) is 12.8. The summed E-state index contributed by atoms with van der Waals surface area (Å²) in [6.07, 6.45) is 5.48. The van der Waals surface area contributed by atoms with Crippen LogP contribution in [0.5, 0.6) is 0 Å². The first-order valence-corrected chi connectivity index (χ1v) is 7.27. The predicted octanol–water partition coefficient (Wildman–Crippen LogP) is 4.46. The SMILES string of the molecule is N#CC1(Cc2ccc(F)cc2Br)CC2CCC1C2. The second kappa shape index (κ2) is 4.35. The topological polar surface area (TPSA) is 23.8 Å². The van der Waals surface area contributed by atoms with Gasteiger partial charge in [-0.3, -0.25) is 0 Å². The molecule has 2 saturated carbocycles. The number of rotatable bonds is 2. The van der Waals surface area contributed by atoms with E-state index in [-0.39, 0.29) is 11.2 Å². The van der Waals surface area contributed by atoms with Crippen LogP contribution in [0.3, 0.4) is 0 Å². The fraction of sp³-hybridized carbons (Fsp3) is 0.533. The standard InChI is InChI=1S/C15H15BrFN/c16-14-6-13(17)4-2-11(14)8-15(9-18)7-10-1-3-12(15)5-10/h2,4,6,10,12H,1,3,5,7-8H2. The summed E-state index contributed by atoms with van der Waals surface area (Å²) in [5.41, 5.74) is 0.856. The molecular weight excluding hydrogens is 293 g/mol. The molecule has 0 heterocycles. The van der Waals surface area contributed by atoms with Gasteiger partial charge >= 0.3 is 0 Å². The molecule has 0 aliphatic heterocycles.